The third kappa shape index (κ3) is 3.91. The van der Waals surface area contributed by atoms with Crippen LogP contribution >= 0.6 is 0 Å². The summed E-state index contributed by atoms with van der Waals surface area (Å²) in [5.74, 6) is 0.159. The average Bonchev–Trinajstić information content (AvgIpc) is 2.93. The maximum absolute atomic E-state index is 12.2. The van der Waals surface area contributed by atoms with Gasteiger partial charge in [0.15, 0.2) is 0 Å². The second-order valence-electron chi connectivity index (χ2n) is 6.26. The van der Waals surface area contributed by atoms with Gasteiger partial charge in [-0.2, -0.15) is 0 Å². The van der Waals surface area contributed by atoms with Crippen LogP contribution in [-0.4, -0.2) is 48.9 Å². The van der Waals surface area contributed by atoms with E-state index in [2.05, 4.69) is 16.0 Å². The highest BCUT2D eigenvalue weighted by Gasteiger charge is 2.28. The Hall–Kier alpha value is -2.41. The largest absolute Gasteiger partial charge is 0.352 e. The third-order valence-electron chi connectivity index (χ3n) is 4.44. The van der Waals surface area contributed by atoms with Crippen molar-refractivity contribution in [2.24, 2.45) is 5.92 Å². The standard InChI is InChI=1S/C17H22N4O3/c22-15-10-20-17(24)21(15)11-12-3-5-14(6-4-12)16(23)19-9-13-2-1-7-18-8-13/h3-6,13,18H,1-2,7-11H2,(H,19,23)(H,20,24). The van der Waals surface area contributed by atoms with Crippen molar-refractivity contribution in [3.8, 4) is 0 Å². The molecule has 0 aromatic heterocycles. The van der Waals surface area contributed by atoms with E-state index in [9.17, 15) is 14.4 Å². The first-order valence-electron chi connectivity index (χ1n) is 8.29. The smallest absolute Gasteiger partial charge is 0.324 e. The summed E-state index contributed by atoms with van der Waals surface area (Å²) < 4.78 is 0. The van der Waals surface area contributed by atoms with E-state index in [1.807, 2.05) is 0 Å². The molecule has 4 amide bonds. The van der Waals surface area contributed by atoms with E-state index < -0.39 is 0 Å². The van der Waals surface area contributed by atoms with Crippen molar-refractivity contribution in [2.75, 3.05) is 26.2 Å². The van der Waals surface area contributed by atoms with Gasteiger partial charge in [-0.15, -0.1) is 0 Å². The molecule has 0 bridgehead atoms. The van der Waals surface area contributed by atoms with Gasteiger partial charge in [-0.05, 0) is 49.5 Å². The summed E-state index contributed by atoms with van der Waals surface area (Å²) in [5, 5.41) is 8.78. The van der Waals surface area contributed by atoms with E-state index in [4.69, 9.17) is 0 Å². The number of rotatable bonds is 5. The molecular formula is C17H22N4O3. The van der Waals surface area contributed by atoms with Crippen LogP contribution in [0.1, 0.15) is 28.8 Å². The van der Waals surface area contributed by atoms with Gasteiger partial charge in [-0.3, -0.25) is 14.5 Å². The van der Waals surface area contributed by atoms with Crippen molar-refractivity contribution in [1.29, 1.82) is 0 Å². The van der Waals surface area contributed by atoms with Crippen LogP contribution in [0.2, 0.25) is 0 Å². The zero-order valence-electron chi connectivity index (χ0n) is 13.5. The first-order valence-corrected chi connectivity index (χ1v) is 8.29. The molecule has 7 heteroatoms. The van der Waals surface area contributed by atoms with E-state index in [0.29, 0.717) is 18.0 Å². The molecule has 2 fully saturated rings. The van der Waals surface area contributed by atoms with Crippen LogP contribution in [0.25, 0.3) is 0 Å². The second kappa shape index (κ2) is 7.44. The molecule has 1 aromatic carbocycles. The number of carbonyl (C=O) groups excluding carboxylic acids is 3. The topological polar surface area (TPSA) is 90.5 Å². The van der Waals surface area contributed by atoms with Crippen molar-refractivity contribution >= 4 is 17.8 Å². The maximum atomic E-state index is 12.2. The van der Waals surface area contributed by atoms with Gasteiger partial charge in [0, 0.05) is 12.1 Å². The number of benzene rings is 1. The minimum absolute atomic E-state index is 0.0509. The predicted octanol–water partition coefficient (Wildman–Crippen LogP) is 0.468. The number of nitrogens with zero attached hydrogens (tertiary/aromatic N) is 1. The number of nitrogens with one attached hydrogen (secondary N) is 3. The van der Waals surface area contributed by atoms with E-state index >= 15 is 0 Å². The predicted molar refractivity (Wildman–Crippen MR) is 88.3 cm³/mol. The molecule has 0 aliphatic carbocycles. The van der Waals surface area contributed by atoms with Crippen LogP contribution in [0.15, 0.2) is 24.3 Å². The van der Waals surface area contributed by atoms with Gasteiger partial charge in [0.25, 0.3) is 5.91 Å². The van der Waals surface area contributed by atoms with Gasteiger partial charge in [0.2, 0.25) is 5.91 Å². The lowest BCUT2D eigenvalue weighted by atomic mass is 9.99. The molecule has 0 radical (unpaired) electrons. The molecule has 0 saturated carbocycles. The van der Waals surface area contributed by atoms with Gasteiger partial charge >= 0.3 is 6.03 Å². The highest BCUT2D eigenvalue weighted by Crippen LogP contribution is 2.11. The lowest BCUT2D eigenvalue weighted by molar-refractivity contribution is -0.125. The average molecular weight is 330 g/mol. The molecule has 128 valence electrons. The van der Waals surface area contributed by atoms with Crippen LogP contribution in [0.3, 0.4) is 0 Å². The molecule has 3 rings (SSSR count). The van der Waals surface area contributed by atoms with Crippen molar-refractivity contribution < 1.29 is 14.4 Å². The zero-order valence-corrected chi connectivity index (χ0v) is 13.5. The van der Waals surface area contributed by atoms with Crippen molar-refractivity contribution in [2.45, 2.75) is 19.4 Å². The molecular weight excluding hydrogens is 308 g/mol. The molecule has 1 aromatic rings. The highest BCUT2D eigenvalue weighted by molar-refractivity contribution is 6.01. The summed E-state index contributed by atoms with van der Waals surface area (Å²) in [6, 6.07) is 6.62. The van der Waals surface area contributed by atoms with Gasteiger partial charge < -0.3 is 16.0 Å². The number of imide groups is 1. The van der Waals surface area contributed by atoms with Crippen LogP contribution in [0.5, 0.6) is 0 Å². The molecule has 2 saturated heterocycles. The Labute approximate surface area is 140 Å². The summed E-state index contributed by atoms with van der Waals surface area (Å²) in [6.07, 6.45) is 2.29. The molecule has 3 N–H and O–H groups in total. The van der Waals surface area contributed by atoms with Crippen molar-refractivity contribution in [3.63, 3.8) is 0 Å². The summed E-state index contributed by atoms with van der Waals surface area (Å²) in [7, 11) is 0. The monoisotopic (exact) mass is 330 g/mol. The Kier molecular flexibility index (Phi) is 5.10. The van der Waals surface area contributed by atoms with Gasteiger partial charge in [-0.1, -0.05) is 12.1 Å². The second-order valence-corrected chi connectivity index (χ2v) is 6.26. The molecule has 1 atom stereocenters. The fourth-order valence-corrected chi connectivity index (χ4v) is 3.00. The lowest BCUT2D eigenvalue weighted by Crippen LogP contribution is -2.38. The third-order valence-corrected chi connectivity index (χ3v) is 4.44. The Morgan fingerprint density at radius 2 is 2.04 bits per heavy atom. The SMILES string of the molecule is O=C(NCC1CCCNC1)c1ccc(CN2C(=O)CNC2=O)cc1. The Morgan fingerprint density at radius 1 is 1.25 bits per heavy atom. The molecule has 2 heterocycles. The van der Waals surface area contributed by atoms with Gasteiger partial charge in [0.1, 0.15) is 0 Å². The molecule has 2 aliphatic rings. The van der Waals surface area contributed by atoms with E-state index in [0.717, 1.165) is 31.5 Å². The van der Waals surface area contributed by atoms with E-state index in [1.165, 1.54) is 4.90 Å². The summed E-state index contributed by atoms with van der Waals surface area (Å²) >= 11 is 0. The van der Waals surface area contributed by atoms with Crippen LogP contribution in [-0.2, 0) is 11.3 Å². The Balaban J connectivity index is 1.52. The zero-order chi connectivity index (χ0) is 16.9. The fraction of sp³-hybridized carbons (Fsp3) is 0.471. The van der Waals surface area contributed by atoms with E-state index in [1.54, 1.807) is 24.3 Å². The van der Waals surface area contributed by atoms with Crippen LogP contribution in [0, 0.1) is 5.92 Å². The molecule has 1 unspecified atom stereocenters. The minimum Gasteiger partial charge on any atom is -0.352 e. The molecule has 0 spiro atoms. The highest BCUT2D eigenvalue weighted by atomic mass is 16.2. The minimum atomic E-state index is -0.372. The van der Waals surface area contributed by atoms with Crippen molar-refractivity contribution in [1.82, 2.24) is 20.9 Å². The Morgan fingerprint density at radius 3 is 2.67 bits per heavy atom. The number of urea groups is 1. The molecule has 7 nitrogen and oxygen atoms in total. The lowest BCUT2D eigenvalue weighted by Gasteiger charge is -2.22. The first kappa shape index (κ1) is 16.4. The number of hydrogen-bond acceptors (Lipinski definition) is 4. The van der Waals surface area contributed by atoms with Gasteiger partial charge in [0.05, 0.1) is 13.1 Å². The quantitative estimate of drug-likeness (QED) is 0.685. The number of piperidine rings is 1. The molecule has 24 heavy (non-hydrogen) atoms. The van der Waals surface area contributed by atoms with Gasteiger partial charge in [-0.25, -0.2) is 4.79 Å². The number of carbonyl (C=O) groups is 3. The Bertz CT molecular complexity index is 607. The first-order chi connectivity index (χ1) is 11.6. The normalized spacial score (nSPS) is 20.8. The number of amides is 4. The summed E-state index contributed by atoms with van der Waals surface area (Å²) in [4.78, 5) is 36.5. The number of hydrogen-bond donors (Lipinski definition) is 3. The van der Waals surface area contributed by atoms with Crippen molar-refractivity contribution in [3.05, 3.63) is 35.4 Å². The van der Waals surface area contributed by atoms with Crippen LogP contribution in [0.4, 0.5) is 4.79 Å². The molecule has 2 aliphatic heterocycles. The van der Waals surface area contributed by atoms with Crippen LogP contribution < -0.4 is 16.0 Å². The van der Waals surface area contributed by atoms with E-state index in [-0.39, 0.29) is 30.9 Å². The maximum Gasteiger partial charge on any atom is 0.324 e. The fourth-order valence-electron chi connectivity index (χ4n) is 3.00. The summed E-state index contributed by atoms with van der Waals surface area (Å²) in [6.45, 7) is 2.96. The summed E-state index contributed by atoms with van der Waals surface area (Å²) in [5.41, 5.74) is 1.40.